The first-order valence-electron chi connectivity index (χ1n) is 10.4. The van der Waals surface area contributed by atoms with Gasteiger partial charge in [0.1, 0.15) is 17.4 Å². The second-order valence-corrected chi connectivity index (χ2v) is 8.70. The fraction of sp³-hybridized carbons (Fsp3) is 0.455. The molecule has 2 aromatic rings. The Balaban J connectivity index is 1.25. The van der Waals surface area contributed by atoms with E-state index in [0.29, 0.717) is 40.0 Å². The van der Waals surface area contributed by atoms with Gasteiger partial charge in [-0.3, -0.25) is 4.79 Å². The molecule has 2 saturated heterocycles. The van der Waals surface area contributed by atoms with Crippen LogP contribution in [0.5, 0.6) is 5.75 Å². The number of carbonyl (C=O) groups is 1. The van der Waals surface area contributed by atoms with Crippen LogP contribution in [0.4, 0.5) is 0 Å². The van der Waals surface area contributed by atoms with Crippen LogP contribution in [0.2, 0.25) is 10.0 Å². The van der Waals surface area contributed by atoms with Gasteiger partial charge in [-0.2, -0.15) is 4.73 Å². The Morgan fingerprint density at radius 3 is 2.74 bits per heavy atom. The predicted molar refractivity (Wildman–Crippen MR) is 118 cm³/mol. The van der Waals surface area contributed by atoms with Crippen molar-refractivity contribution in [1.82, 2.24) is 9.80 Å². The zero-order valence-corrected chi connectivity index (χ0v) is 18.6. The van der Waals surface area contributed by atoms with Gasteiger partial charge in [0.05, 0.1) is 22.8 Å². The third-order valence-electron chi connectivity index (χ3n) is 5.64. The molecule has 1 aromatic carbocycles. The highest BCUT2D eigenvalue weighted by Gasteiger charge is 2.29. The highest BCUT2D eigenvalue weighted by molar-refractivity contribution is 6.42. The van der Waals surface area contributed by atoms with Crippen LogP contribution in [0.25, 0.3) is 0 Å². The highest BCUT2D eigenvalue weighted by atomic mass is 35.5. The van der Waals surface area contributed by atoms with Crippen LogP contribution < -0.4 is 9.47 Å². The smallest absolute Gasteiger partial charge is 0.260 e. The number of morpholine rings is 1. The number of ether oxygens (including phenoxy) is 2. The zero-order valence-electron chi connectivity index (χ0n) is 17.1. The SMILES string of the molecule is O=C(c1ccc[n+]([O-])c1)N1CCOC(CN2CCC(Oc3ccc(Cl)c(Cl)c3)CC2)C1. The molecule has 2 aliphatic heterocycles. The van der Waals surface area contributed by atoms with Gasteiger partial charge in [-0.1, -0.05) is 23.2 Å². The van der Waals surface area contributed by atoms with Crippen molar-refractivity contribution in [3.63, 3.8) is 0 Å². The molecule has 0 saturated carbocycles. The van der Waals surface area contributed by atoms with Crippen molar-refractivity contribution < 1.29 is 19.0 Å². The number of amides is 1. The summed E-state index contributed by atoms with van der Waals surface area (Å²) in [7, 11) is 0. The second kappa shape index (κ2) is 10.0. The van der Waals surface area contributed by atoms with Gasteiger partial charge in [-0.25, -0.2) is 0 Å². The van der Waals surface area contributed by atoms with E-state index in [2.05, 4.69) is 4.90 Å². The number of hydrogen-bond acceptors (Lipinski definition) is 5. The molecule has 0 spiro atoms. The van der Waals surface area contributed by atoms with Crippen LogP contribution in [0.3, 0.4) is 0 Å². The van der Waals surface area contributed by atoms with E-state index in [1.807, 2.05) is 6.07 Å². The maximum atomic E-state index is 12.7. The van der Waals surface area contributed by atoms with Crippen LogP contribution in [-0.2, 0) is 4.74 Å². The predicted octanol–water partition coefficient (Wildman–Crippen LogP) is 3.01. The minimum atomic E-state index is -0.132. The first kappa shape index (κ1) is 22.1. The number of piperidine rings is 1. The molecule has 2 fully saturated rings. The van der Waals surface area contributed by atoms with E-state index < -0.39 is 0 Å². The molecule has 3 heterocycles. The van der Waals surface area contributed by atoms with Crippen LogP contribution in [-0.4, -0.2) is 67.2 Å². The summed E-state index contributed by atoms with van der Waals surface area (Å²) in [5, 5.41) is 12.5. The molecule has 166 valence electrons. The molecule has 7 nitrogen and oxygen atoms in total. The molecule has 0 aliphatic carbocycles. The van der Waals surface area contributed by atoms with Gasteiger partial charge >= 0.3 is 0 Å². The number of likely N-dealkylation sites (tertiary alicyclic amines) is 1. The quantitative estimate of drug-likeness (QED) is 0.501. The van der Waals surface area contributed by atoms with Gasteiger partial charge in [-0.05, 0) is 31.0 Å². The minimum Gasteiger partial charge on any atom is -0.619 e. The number of rotatable bonds is 5. The van der Waals surface area contributed by atoms with Crippen molar-refractivity contribution >= 4 is 29.1 Å². The summed E-state index contributed by atoms with van der Waals surface area (Å²) >= 11 is 12.0. The maximum Gasteiger partial charge on any atom is 0.260 e. The van der Waals surface area contributed by atoms with E-state index >= 15 is 0 Å². The van der Waals surface area contributed by atoms with Gasteiger partial charge in [0.25, 0.3) is 5.91 Å². The number of carbonyl (C=O) groups excluding carboxylic acids is 1. The van der Waals surface area contributed by atoms with E-state index in [0.717, 1.165) is 38.2 Å². The van der Waals surface area contributed by atoms with Crippen molar-refractivity contribution in [1.29, 1.82) is 0 Å². The molecule has 4 rings (SSSR count). The summed E-state index contributed by atoms with van der Waals surface area (Å²) in [5.74, 6) is 0.602. The molecule has 1 amide bonds. The Morgan fingerprint density at radius 1 is 1.19 bits per heavy atom. The van der Waals surface area contributed by atoms with Crippen LogP contribution in [0.1, 0.15) is 23.2 Å². The Morgan fingerprint density at radius 2 is 2.00 bits per heavy atom. The summed E-state index contributed by atoms with van der Waals surface area (Å²) < 4.78 is 12.6. The highest BCUT2D eigenvalue weighted by Crippen LogP contribution is 2.28. The molecule has 31 heavy (non-hydrogen) atoms. The van der Waals surface area contributed by atoms with Crippen molar-refractivity contribution in [3.8, 4) is 5.75 Å². The summed E-state index contributed by atoms with van der Waals surface area (Å²) in [6.07, 6.45) is 4.58. The molecular formula is C22H25Cl2N3O4. The number of halogens is 2. The minimum absolute atomic E-state index is 0.0478. The lowest BCUT2D eigenvalue weighted by Crippen LogP contribution is -2.51. The first-order valence-corrected chi connectivity index (χ1v) is 11.2. The van der Waals surface area contributed by atoms with E-state index in [1.165, 1.54) is 12.4 Å². The fourth-order valence-corrected chi connectivity index (χ4v) is 4.31. The number of benzene rings is 1. The van der Waals surface area contributed by atoms with Gasteiger partial charge < -0.3 is 24.5 Å². The fourth-order valence-electron chi connectivity index (χ4n) is 4.02. The molecule has 1 aromatic heterocycles. The monoisotopic (exact) mass is 465 g/mol. The Hall–Kier alpha value is -2.06. The van der Waals surface area contributed by atoms with Gasteiger partial charge in [0, 0.05) is 44.9 Å². The summed E-state index contributed by atoms with van der Waals surface area (Å²) in [6.45, 7) is 4.11. The average Bonchev–Trinajstić information content (AvgIpc) is 2.77. The lowest BCUT2D eigenvalue weighted by atomic mass is 10.1. The van der Waals surface area contributed by atoms with Crippen molar-refractivity contribution in [2.75, 3.05) is 39.3 Å². The summed E-state index contributed by atoms with van der Waals surface area (Å²) in [5.41, 5.74) is 0.401. The maximum absolute atomic E-state index is 12.7. The molecular weight excluding hydrogens is 441 g/mol. The van der Waals surface area contributed by atoms with Crippen LogP contribution >= 0.6 is 23.2 Å². The molecule has 2 aliphatic rings. The van der Waals surface area contributed by atoms with Crippen molar-refractivity contribution in [3.05, 3.63) is 63.5 Å². The third-order valence-corrected chi connectivity index (χ3v) is 6.38. The Labute approximate surface area is 191 Å². The van der Waals surface area contributed by atoms with Crippen LogP contribution in [0, 0.1) is 5.21 Å². The lowest BCUT2D eigenvalue weighted by Gasteiger charge is -2.38. The molecule has 9 heteroatoms. The van der Waals surface area contributed by atoms with E-state index in [1.54, 1.807) is 29.2 Å². The van der Waals surface area contributed by atoms with Crippen molar-refractivity contribution in [2.45, 2.75) is 25.0 Å². The normalized spacial score (nSPS) is 20.6. The van der Waals surface area contributed by atoms with Gasteiger partial charge in [0.2, 0.25) is 0 Å². The van der Waals surface area contributed by atoms with Crippen LogP contribution in [0.15, 0.2) is 42.7 Å². The van der Waals surface area contributed by atoms with Gasteiger partial charge in [-0.15, -0.1) is 0 Å². The summed E-state index contributed by atoms with van der Waals surface area (Å²) in [4.78, 5) is 16.8. The molecule has 0 bridgehead atoms. The Kier molecular flexibility index (Phi) is 7.17. The molecule has 0 radical (unpaired) electrons. The first-order chi connectivity index (χ1) is 15.0. The van der Waals surface area contributed by atoms with E-state index in [4.69, 9.17) is 32.7 Å². The molecule has 0 N–H and O–H groups in total. The Bertz CT molecular complexity index is 921. The lowest BCUT2D eigenvalue weighted by molar-refractivity contribution is -0.605. The van der Waals surface area contributed by atoms with E-state index in [-0.39, 0.29) is 18.1 Å². The topological polar surface area (TPSA) is 69.0 Å². The number of aromatic nitrogens is 1. The number of pyridine rings is 1. The zero-order chi connectivity index (χ0) is 21.8. The second-order valence-electron chi connectivity index (χ2n) is 7.89. The number of hydrogen-bond donors (Lipinski definition) is 0. The average molecular weight is 466 g/mol. The van der Waals surface area contributed by atoms with Gasteiger partial charge in [0.15, 0.2) is 12.4 Å². The molecule has 1 unspecified atom stereocenters. The summed E-state index contributed by atoms with van der Waals surface area (Å²) in [6, 6.07) is 8.58. The van der Waals surface area contributed by atoms with E-state index in [9.17, 15) is 10.0 Å². The van der Waals surface area contributed by atoms with Crippen molar-refractivity contribution in [2.24, 2.45) is 0 Å². The largest absolute Gasteiger partial charge is 0.619 e. The standard InChI is InChI=1S/C22H25Cl2N3O4/c23-20-4-3-18(12-21(20)24)31-17-5-8-25(9-6-17)14-19-15-26(10-11-30-19)22(28)16-2-1-7-27(29)13-16/h1-4,7,12-13,17,19H,5-6,8-11,14-15H2. The number of nitrogens with zero attached hydrogens (tertiary/aromatic N) is 3. The third kappa shape index (κ3) is 5.80. The molecule has 1 atom stereocenters.